The first-order valence-electron chi connectivity index (χ1n) is 5.85. The van der Waals surface area contributed by atoms with E-state index in [2.05, 4.69) is 0 Å². The third kappa shape index (κ3) is 3.48. The lowest BCUT2D eigenvalue weighted by Gasteiger charge is -2.17. The molecule has 0 saturated carbocycles. The molecule has 0 bridgehead atoms. The summed E-state index contributed by atoms with van der Waals surface area (Å²) in [5.74, 6) is 0.0619. The minimum absolute atomic E-state index is 0.0880. The van der Waals surface area contributed by atoms with Crippen molar-refractivity contribution in [3.63, 3.8) is 0 Å². The number of amides is 1. The number of aromatic hydroxyl groups is 1. The number of phenols is 1. The van der Waals surface area contributed by atoms with E-state index in [0.717, 1.165) is 5.56 Å². The summed E-state index contributed by atoms with van der Waals surface area (Å²) in [6, 6.07) is 13.6. The molecule has 1 amide bonds. The third-order valence-corrected chi connectivity index (χ3v) is 3.05. The van der Waals surface area contributed by atoms with Crippen molar-refractivity contribution >= 4 is 17.5 Å². The van der Waals surface area contributed by atoms with E-state index < -0.39 is 0 Å². The summed E-state index contributed by atoms with van der Waals surface area (Å²) in [7, 11) is 1.74. The molecule has 3 nitrogen and oxygen atoms in total. The van der Waals surface area contributed by atoms with E-state index in [0.29, 0.717) is 17.1 Å². The van der Waals surface area contributed by atoms with Crippen LogP contribution in [0.5, 0.6) is 5.75 Å². The number of halogens is 1. The highest BCUT2D eigenvalue weighted by molar-refractivity contribution is 6.30. The number of rotatable bonds is 3. The van der Waals surface area contributed by atoms with E-state index in [4.69, 9.17) is 11.6 Å². The normalized spacial score (nSPS) is 10.2. The zero-order valence-corrected chi connectivity index (χ0v) is 11.3. The number of benzene rings is 2. The van der Waals surface area contributed by atoms with Gasteiger partial charge in [0.2, 0.25) is 0 Å². The number of carbonyl (C=O) groups is 1. The fraction of sp³-hybridized carbons (Fsp3) is 0.133. The van der Waals surface area contributed by atoms with Crippen molar-refractivity contribution in [2.24, 2.45) is 0 Å². The topological polar surface area (TPSA) is 40.5 Å². The third-order valence-electron chi connectivity index (χ3n) is 2.79. The van der Waals surface area contributed by atoms with Crippen LogP contribution in [-0.4, -0.2) is 23.0 Å². The lowest BCUT2D eigenvalue weighted by atomic mass is 10.1. The van der Waals surface area contributed by atoms with Gasteiger partial charge in [0.05, 0.1) is 0 Å². The van der Waals surface area contributed by atoms with Crippen LogP contribution in [0.25, 0.3) is 0 Å². The Morgan fingerprint density at radius 1 is 1.11 bits per heavy atom. The second-order valence-electron chi connectivity index (χ2n) is 4.33. The van der Waals surface area contributed by atoms with Gasteiger partial charge in [0.1, 0.15) is 5.75 Å². The first-order chi connectivity index (χ1) is 9.06. The second kappa shape index (κ2) is 5.76. The van der Waals surface area contributed by atoms with Crippen molar-refractivity contribution in [1.29, 1.82) is 0 Å². The molecular weight excluding hydrogens is 262 g/mol. The molecule has 0 heterocycles. The quantitative estimate of drug-likeness (QED) is 0.933. The highest BCUT2D eigenvalue weighted by Crippen LogP contribution is 2.14. The Morgan fingerprint density at radius 2 is 1.68 bits per heavy atom. The molecule has 2 rings (SSSR count). The fourth-order valence-corrected chi connectivity index (χ4v) is 1.89. The summed E-state index contributed by atoms with van der Waals surface area (Å²) in [5, 5.41) is 9.88. The van der Waals surface area contributed by atoms with E-state index in [1.165, 1.54) is 12.1 Å². The van der Waals surface area contributed by atoms with Crippen LogP contribution in [0.2, 0.25) is 5.02 Å². The molecule has 0 radical (unpaired) electrons. The van der Waals surface area contributed by atoms with Crippen LogP contribution in [0.15, 0.2) is 48.5 Å². The van der Waals surface area contributed by atoms with Crippen molar-refractivity contribution in [3.8, 4) is 5.75 Å². The summed E-state index contributed by atoms with van der Waals surface area (Å²) in [5.41, 5.74) is 1.56. The average molecular weight is 276 g/mol. The van der Waals surface area contributed by atoms with E-state index >= 15 is 0 Å². The summed E-state index contributed by atoms with van der Waals surface area (Å²) in [4.78, 5) is 13.8. The molecule has 0 saturated heterocycles. The number of hydrogen-bond donors (Lipinski definition) is 1. The maximum Gasteiger partial charge on any atom is 0.253 e. The lowest BCUT2D eigenvalue weighted by Crippen LogP contribution is -2.26. The minimum Gasteiger partial charge on any atom is -0.508 e. The molecule has 0 aromatic heterocycles. The predicted molar refractivity (Wildman–Crippen MR) is 75.4 cm³/mol. The largest absolute Gasteiger partial charge is 0.508 e. The van der Waals surface area contributed by atoms with E-state index in [1.54, 1.807) is 36.2 Å². The predicted octanol–water partition coefficient (Wildman–Crippen LogP) is 3.32. The van der Waals surface area contributed by atoms with Crippen LogP contribution in [0.1, 0.15) is 15.9 Å². The van der Waals surface area contributed by atoms with Gasteiger partial charge in [0, 0.05) is 24.2 Å². The van der Waals surface area contributed by atoms with Gasteiger partial charge >= 0.3 is 0 Å². The summed E-state index contributed by atoms with van der Waals surface area (Å²) >= 11 is 5.82. The van der Waals surface area contributed by atoms with Crippen LogP contribution < -0.4 is 0 Å². The second-order valence-corrected chi connectivity index (χ2v) is 4.77. The Morgan fingerprint density at radius 3 is 2.26 bits per heavy atom. The van der Waals surface area contributed by atoms with Crippen molar-refractivity contribution in [2.75, 3.05) is 7.05 Å². The van der Waals surface area contributed by atoms with Crippen molar-refractivity contribution in [1.82, 2.24) is 4.90 Å². The molecule has 2 aromatic rings. The molecule has 0 aliphatic heterocycles. The molecule has 0 aliphatic rings. The van der Waals surface area contributed by atoms with Crippen LogP contribution >= 0.6 is 11.6 Å². The van der Waals surface area contributed by atoms with Gasteiger partial charge in [-0.15, -0.1) is 0 Å². The van der Waals surface area contributed by atoms with Crippen LogP contribution in [-0.2, 0) is 6.54 Å². The van der Waals surface area contributed by atoms with Crippen LogP contribution in [0, 0.1) is 0 Å². The monoisotopic (exact) mass is 275 g/mol. The van der Waals surface area contributed by atoms with Gasteiger partial charge < -0.3 is 10.0 Å². The highest BCUT2D eigenvalue weighted by atomic mass is 35.5. The first-order valence-corrected chi connectivity index (χ1v) is 6.23. The van der Waals surface area contributed by atoms with E-state index in [-0.39, 0.29) is 11.7 Å². The van der Waals surface area contributed by atoms with Crippen molar-refractivity contribution < 1.29 is 9.90 Å². The highest BCUT2D eigenvalue weighted by Gasteiger charge is 2.11. The summed E-state index contributed by atoms with van der Waals surface area (Å²) < 4.78 is 0. The molecule has 0 fully saturated rings. The smallest absolute Gasteiger partial charge is 0.253 e. The Labute approximate surface area is 117 Å². The first kappa shape index (κ1) is 13.4. The van der Waals surface area contributed by atoms with Gasteiger partial charge in [0.25, 0.3) is 5.91 Å². The standard InChI is InChI=1S/C15H14ClNO2/c1-17(10-11-2-6-13(16)7-3-11)15(19)12-4-8-14(18)9-5-12/h2-9,18H,10H2,1H3. The molecule has 4 heteroatoms. The van der Waals surface area contributed by atoms with Gasteiger partial charge in [-0.1, -0.05) is 23.7 Å². The molecule has 98 valence electrons. The van der Waals surface area contributed by atoms with E-state index in [9.17, 15) is 9.90 Å². The lowest BCUT2D eigenvalue weighted by molar-refractivity contribution is 0.0785. The maximum atomic E-state index is 12.1. The van der Waals surface area contributed by atoms with E-state index in [1.807, 2.05) is 12.1 Å². The molecule has 1 N–H and O–H groups in total. The van der Waals surface area contributed by atoms with Crippen molar-refractivity contribution in [3.05, 3.63) is 64.7 Å². The van der Waals surface area contributed by atoms with Gasteiger partial charge in [-0.3, -0.25) is 4.79 Å². The summed E-state index contributed by atoms with van der Waals surface area (Å²) in [6.07, 6.45) is 0. The molecule has 19 heavy (non-hydrogen) atoms. The molecule has 0 spiro atoms. The number of carbonyl (C=O) groups excluding carboxylic acids is 1. The number of phenolic OH excluding ortho intramolecular Hbond substituents is 1. The minimum atomic E-state index is -0.0880. The Kier molecular flexibility index (Phi) is 4.07. The molecule has 0 atom stereocenters. The Hall–Kier alpha value is -2.00. The maximum absolute atomic E-state index is 12.1. The SMILES string of the molecule is CN(Cc1ccc(Cl)cc1)C(=O)c1ccc(O)cc1. The average Bonchev–Trinajstić information content (AvgIpc) is 2.41. The fourth-order valence-electron chi connectivity index (χ4n) is 1.76. The Balaban J connectivity index is 2.07. The molecule has 2 aromatic carbocycles. The molecule has 0 unspecified atom stereocenters. The van der Waals surface area contributed by atoms with Gasteiger partial charge in [-0.2, -0.15) is 0 Å². The summed E-state index contributed by atoms with van der Waals surface area (Å²) in [6.45, 7) is 0.511. The zero-order valence-electron chi connectivity index (χ0n) is 10.5. The van der Waals surface area contributed by atoms with Crippen molar-refractivity contribution in [2.45, 2.75) is 6.54 Å². The van der Waals surface area contributed by atoms with Gasteiger partial charge in [0.15, 0.2) is 0 Å². The van der Waals surface area contributed by atoms with Crippen LogP contribution in [0.4, 0.5) is 0 Å². The molecule has 0 aliphatic carbocycles. The Bertz CT molecular complexity index is 564. The van der Waals surface area contributed by atoms with Gasteiger partial charge in [-0.05, 0) is 42.0 Å². The van der Waals surface area contributed by atoms with Gasteiger partial charge in [-0.25, -0.2) is 0 Å². The molecular formula is C15H14ClNO2. The number of hydrogen-bond acceptors (Lipinski definition) is 2. The zero-order chi connectivity index (χ0) is 13.8. The van der Waals surface area contributed by atoms with Crippen LogP contribution in [0.3, 0.4) is 0 Å². The number of nitrogens with zero attached hydrogens (tertiary/aromatic N) is 1.